The van der Waals surface area contributed by atoms with Crippen LogP contribution in [0.5, 0.6) is 0 Å². The van der Waals surface area contributed by atoms with Crippen molar-refractivity contribution in [3.63, 3.8) is 0 Å². The number of anilines is 1. The van der Waals surface area contributed by atoms with Gasteiger partial charge < -0.3 is 9.47 Å². The molecular formula is C22H19N5O. The van der Waals surface area contributed by atoms with Crippen LogP contribution >= 0.6 is 0 Å². The predicted octanol–water partition coefficient (Wildman–Crippen LogP) is 3.49. The van der Waals surface area contributed by atoms with Gasteiger partial charge in [0.05, 0.1) is 6.54 Å². The predicted molar refractivity (Wildman–Crippen MR) is 107 cm³/mol. The number of amides is 1. The van der Waals surface area contributed by atoms with Crippen LogP contribution < -0.4 is 4.90 Å². The number of nitrogens with zero attached hydrogens (tertiary/aromatic N) is 5. The number of rotatable bonds is 2. The van der Waals surface area contributed by atoms with Gasteiger partial charge in [0.1, 0.15) is 6.33 Å². The number of aryl methyl sites for hydroxylation is 1. The molecule has 0 saturated carbocycles. The summed E-state index contributed by atoms with van der Waals surface area (Å²) in [6.45, 7) is 1.32. The van der Waals surface area contributed by atoms with E-state index in [0.29, 0.717) is 12.1 Å². The number of carbonyl (C=O) groups excluding carboxylic acids is 1. The Morgan fingerprint density at radius 2 is 1.79 bits per heavy atom. The van der Waals surface area contributed by atoms with E-state index in [9.17, 15) is 4.79 Å². The lowest BCUT2D eigenvalue weighted by atomic mass is 10.1. The van der Waals surface area contributed by atoms with Gasteiger partial charge in [0.2, 0.25) is 0 Å². The fraction of sp³-hybridized carbons (Fsp3) is 0.136. The number of para-hydroxylation sites is 1. The maximum atomic E-state index is 13.4. The quantitative estimate of drug-likeness (QED) is 0.543. The van der Waals surface area contributed by atoms with E-state index in [4.69, 9.17) is 0 Å². The SMILES string of the molecule is Cn1ncnc1-c1ccc(C(=O)N2Cc3cccn3Cc3ccccc32)cc1. The zero-order valence-corrected chi connectivity index (χ0v) is 15.5. The zero-order valence-electron chi connectivity index (χ0n) is 15.5. The Labute approximate surface area is 162 Å². The smallest absolute Gasteiger partial charge is 0.258 e. The molecule has 2 aromatic heterocycles. The molecule has 0 spiro atoms. The fourth-order valence-electron chi connectivity index (χ4n) is 3.74. The number of carbonyl (C=O) groups is 1. The van der Waals surface area contributed by atoms with Crippen LogP contribution in [0.15, 0.2) is 73.2 Å². The van der Waals surface area contributed by atoms with Crippen molar-refractivity contribution in [1.29, 1.82) is 0 Å². The van der Waals surface area contributed by atoms with Gasteiger partial charge in [-0.3, -0.25) is 4.79 Å². The molecule has 0 bridgehead atoms. The minimum Gasteiger partial charge on any atom is -0.345 e. The summed E-state index contributed by atoms with van der Waals surface area (Å²) in [5, 5.41) is 4.10. The highest BCUT2D eigenvalue weighted by Crippen LogP contribution is 2.29. The van der Waals surface area contributed by atoms with E-state index in [-0.39, 0.29) is 5.91 Å². The van der Waals surface area contributed by atoms with E-state index in [1.54, 1.807) is 4.68 Å². The van der Waals surface area contributed by atoms with E-state index in [1.807, 2.05) is 60.5 Å². The standard InChI is InChI=1S/C22H19N5O/c1-25-21(23-15-24-25)16-8-10-17(11-9-16)22(28)27-14-19-6-4-12-26(19)13-18-5-2-3-7-20(18)27/h2-12,15H,13-14H2,1H3. The first-order chi connectivity index (χ1) is 13.7. The number of aromatic nitrogens is 4. The summed E-state index contributed by atoms with van der Waals surface area (Å²) in [5.41, 5.74) is 4.82. The first-order valence-electron chi connectivity index (χ1n) is 9.19. The molecule has 0 atom stereocenters. The van der Waals surface area contributed by atoms with Crippen LogP contribution in [0.3, 0.4) is 0 Å². The largest absolute Gasteiger partial charge is 0.345 e. The summed E-state index contributed by atoms with van der Waals surface area (Å²) in [6.07, 6.45) is 3.59. The lowest BCUT2D eigenvalue weighted by molar-refractivity contribution is 0.0985. The highest BCUT2D eigenvalue weighted by Gasteiger charge is 2.24. The van der Waals surface area contributed by atoms with Crippen molar-refractivity contribution >= 4 is 11.6 Å². The van der Waals surface area contributed by atoms with Crippen molar-refractivity contribution in [1.82, 2.24) is 19.3 Å². The molecule has 0 unspecified atom stereocenters. The summed E-state index contributed by atoms with van der Waals surface area (Å²) in [4.78, 5) is 19.5. The highest BCUT2D eigenvalue weighted by atomic mass is 16.2. The lowest BCUT2D eigenvalue weighted by Gasteiger charge is -2.23. The summed E-state index contributed by atoms with van der Waals surface area (Å²) >= 11 is 0. The van der Waals surface area contributed by atoms with Crippen LogP contribution in [-0.4, -0.2) is 25.2 Å². The third-order valence-electron chi connectivity index (χ3n) is 5.21. The van der Waals surface area contributed by atoms with Crippen LogP contribution in [0.2, 0.25) is 0 Å². The topological polar surface area (TPSA) is 56.0 Å². The number of hydrogen-bond donors (Lipinski definition) is 0. The number of hydrogen-bond acceptors (Lipinski definition) is 3. The molecular weight excluding hydrogens is 350 g/mol. The monoisotopic (exact) mass is 369 g/mol. The van der Waals surface area contributed by atoms with Crippen LogP contribution in [-0.2, 0) is 20.1 Å². The first-order valence-corrected chi connectivity index (χ1v) is 9.19. The Bertz CT molecular complexity index is 1160. The average Bonchev–Trinajstić information content (AvgIpc) is 3.32. The molecule has 3 heterocycles. The van der Waals surface area contributed by atoms with Crippen LogP contribution in [0, 0.1) is 0 Å². The van der Waals surface area contributed by atoms with Crippen molar-refractivity contribution in [2.45, 2.75) is 13.1 Å². The molecule has 0 fully saturated rings. The molecule has 0 N–H and O–H groups in total. The fourth-order valence-corrected chi connectivity index (χ4v) is 3.74. The molecule has 138 valence electrons. The molecule has 6 nitrogen and oxygen atoms in total. The van der Waals surface area contributed by atoms with Crippen molar-refractivity contribution in [2.24, 2.45) is 7.05 Å². The molecule has 28 heavy (non-hydrogen) atoms. The summed E-state index contributed by atoms with van der Waals surface area (Å²) < 4.78 is 3.92. The Morgan fingerprint density at radius 1 is 0.964 bits per heavy atom. The zero-order chi connectivity index (χ0) is 19.1. The van der Waals surface area contributed by atoms with Crippen molar-refractivity contribution < 1.29 is 4.79 Å². The lowest BCUT2D eigenvalue weighted by Crippen LogP contribution is -2.30. The average molecular weight is 369 g/mol. The summed E-state index contributed by atoms with van der Waals surface area (Å²) in [6, 6.07) is 19.8. The van der Waals surface area contributed by atoms with Gasteiger partial charge in [-0.1, -0.05) is 30.3 Å². The van der Waals surface area contributed by atoms with Crippen molar-refractivity contribution in [3.8, 4) is 11.4 Å². The number of benzene rings is 2. The molecule has 2 aromatic carbocycles. The van der Waals surface area contributed by atoms with Gasteiger partial charge in [0, 0.05) is 42.3 Å². The van der Waals surface area contributed by atoms with Gasteiger partial charge in [0.25, 0.3) is 5.91 Å². The van der Waals surface area contributed by atoms with Gasteiger partial charge in [0.15, 0.2) is 5.82 Å². The molecule has 1 aliphatic heterocycles. The van der Waals surface area contributed by atoms with Crippen LogP contribution in [0.1, 0.15) is 21.6 Å². The third-order valence-corrected chi connectivity index (χ3v) is 5.21. The molecule has 0 saturated heterocycles. The van der Waals surface area contributed by atoms with Gasteiger partial charge in [-0.2, -0.15) is 5.10 Å². The van der Waals surface area contributed by atoms with E-state index in [2.05, 4.69) is 33.0 Å². The van der Waals surface area contributed by atoms with E-state index >= 15 is 0 Å². The molecule has 1 amide bonds. The summed E-state index contributed by atoms with van der Waals surface area (Å²) in [5.74, 6) is 0.767. The Kier molecular flexibility index (Phi) is 3.83. The van der Waals surface area contributed by atoms with Gasteiger partial charge in [-0.05, 0) is 35.9 Å². The minimum atomic E-state index is -0.00776. The maximum Gasteiger partial charge on any atom is 0.258 e. The summed E-state index contributed by atoms with van der Waals surface area (Å²) in [7, 11) is 1.85. The highest BCUT2D eigenvalue weighted by molar-refractivity contribution is 6.06. The first kappa shape index (κ1) is 16.5. The molecule has 4 aromatic rings. The van der Waals surface area contributed by atoms with E-state index in [0.717, 1.165) is 34.9 Å². The van der Waals surface area contributed by atoms with E-state index in [1.165, 1.54) is 6.33 Å². The molecule has 1 aliphatic rings. The Morgan fingerprint density at radius 3 is 2.57 bits per heavy atom. The Hall–Kier alpha value is -3.67. The van der Waals surface area contributed by atoms with Gasteiger partial charge >= 0.3 is 0 Å². The normalized spacial score (nSPS) is 13.0. The molecule has 0 radical (unpaired) electrons. The van der Waals surface area contributed by atoms with Crippen LogP contribution in [0.4, 0.5) is 5.69 Å². The minimum absolute atomic E-state index is 0.00776. The Balaban J connectivity index is 1.52. The second-order valence-corrected chi connectivity index (χ2v) is 6.93. The van der Waals surface area contributed by atoms with Gasteiger partial charge in [-0.25, -0.2) is 9.67 Å². The van der Waals surface area contributed by atoms with E-state index < -0.39 is 0 Å². The van der Waals surface area contributed by atoms with Crippen molar-refractivity contribution in [2.75, 3.05) is 4.90 Å². The third kappa shape index (κ3) is 2.70. The second kappa shape index (κ2) is 6.49. The molecule has 5 rings (SSSR count). The van der Waals surface area contributed by atoms with Crippen LogP contribution in [0.25, 0.3) is 11.4 Å². The van der Waals surface area contributed by atoms with Gasteiger partial charge in [-0.15, -0.1) is 0 Å². The maximum absolute atomic E-state index is 13.4. The molecule has 6 heteroatoms. The molecule has 0 aliphatic carbocycles. The van der Waals surface area contributed by atoms with Crippen molar-refractivity contribution in [3.05, 3.63) is 90.0 Å². The number of fused-ring (bicyclic) bond motifs is 2. The second-order valence-electron chi connectivity index (χ2n) is 6.93.